The van der Waals surface area contributed by atoms with Crippen LogP contribution in [0, 0.1) is 10.8 Å². The summed E-state index contributed by atoms with van der Waals surface area (Å²) in [5, 5.41) is 30.5. The van der Waals surface area contributed by atoms with Gasteiger partial charge < -0.3 is 15.3 Å². The van der Waals surface area contributed by atoms with Crippen molar-refractivity contribution in [2.75, 3.05) is 13.2 Å². The molecule has 12 heavy (non-hydrogen) atoms. The third-order valence-corrected chi connectivity index (χ3v) is 1.21. The summed E-state index contributed by atoms with van der Waals surface area (Å²) in [5.74, 6) is -1.19. The van der Waals surface area contributed by atoms with Crippen molar-refractivity contribution in [3.05, 3.63) is 0 Å². The van der Waals surface area contributed by atoms with Gasteiger partial charge in [0, 0.05) is 0 Å². The zero-order valence-electron chi connectivity index (χ0n) is 6.57. The standard InChI is InChI=1S/C5H10O4.CHNO/c1-5(2-6,3-7)4(8)9;2-1-3/h6-7H,2-3H2,1H3,(H,8,9);2H. The zero-order valence-corrected chi connectivity index (χ0v) is 6.57. The van der Waals surface area contributed by atoms with Gasteiger partial charge in [-0.3, -0.25) is 4.79 Å². The van der Waals surface area contributed by atoms with E-state index in [1.807, 2.05) is 0 Å². The molecule has 0 unspecified atom stereocenters. The molecule has 0 atom stereocenters. The Morgan fingerprint density at radius 1 is 1.50 bits per heavy atom. The van der Waals surface area contributed by atoms with Crippen LogP contribution in [0.2, 0.25) is 0 Å². The predicted molar refractivity (Wildman–Crippen MR) is 38.3 cm³/mol. The quantitative estimate of drug-likeness (QED) is 0.324. The Kier molecular flexibility index (Phi) is 7.22. The van der Waals surface area contributed by atoms with Crippen LogP contribution in [0.15, 0.2) is 0 Å². The van der Waals surface area contributed by atoms with Crippen LogP contribution in [0.1, 0.15) is 6.92 Å². The summed E-state index contributed by atoms with van der Waals surface area (Å²) in [6.07, 6.45) is 0.750. The number of rotatable bonds is 3. The van der Waals surface area contributed by atoms with E-state index in [4.69, 9.17) is 25.5 Å². The number of aliphatic hydroxyl groups is 2. The van der Waals surface area contributed by atoms with Crippen molar-refractivity contribution in [3.63, 3.8) is 0 Å². The average molecular weight is 177 g/mol. The molecule has 4 N–H and O–H groups in total. The van der Waals surface area contributed by atoms with Crippen LogP contribution < -0.4 is 0 Å². The third kappa shape index (κ3) is 4.56. The van der Waals surface area contributed by atoms with E-state index >= 15 is 0 Å². The first-order valence-corrected chi connectivity index (χ1v) is 2.97. The van der Waals surface area contributed by atoms with Gasteiger partial charge in [0.15, 0.2) is 0 Å². The van der Waals surface area contributed by atoms with Gasteiger partial charge in [-0.05, 0) is 6.92 Å². The first kappa shape index (κ1) is 13.4. The molecular weight excluding hydrogens is 166 g/mol. The monoisotopic (exact) mass is 177 g/mol. The number of carboxylic acid groups (broad SMARTS) is 1. The molecule has 0 spiro atoms. The molecule has 6 nitrogen and oxygen atoms in total. The van der Waals surface area contributed by atoms with Crippen molar-refractivity contribution in [2.45, 2.75) is 6.92 Å². The Balaban J connectivity index is 0. The third-order valence-electron chi connectivity index (χ3n) is 1.21. The second-order valence-corrected chi connectivity index (χ2v) is 2.28. The molecule has 0 saturated heterocycles. The van der Waals surface area contributed by atoms with Crippen LogP contribution in [0.4, 0.5) is 0 Å². The molecule has 0 heterocycles. The number of aliphatic hydroxyl groups excluding tert-OH is 2. The highest BCUT2D eigenvalue weighted by Crippen LogP contribution is 2.12. The summed E-state index contributed by atoms with van der Waals surface area (Å²) in [5.41, 5.74) is -1.39. The van der Waals surface area contributed by atoms with E-state index in [1.165, 1.54) is 6.92 Å². The second-order valence-electron chi connectivity index (χ2n) is 2.28. The molecule has 0 aliphatic heterocycles. The molecule has 6 heteroatoms. The Morgan fingerprint density at radius 3 is 1.75 bits per heavy atom. The van der Waals surface area contributed by atoms with Crippen molar-refractivity contribution in [3.8, 4) is 0 Å². The molecule has 0 aliphatic carbocycles. The Bertz CT molecular complexity index is 169. The van der Waals surface area contributed by atoms with Crippen molar-refractivity contribution in [2.24, 2.45) is 5.41 Å². The molecule has 0 saturated carbocycles. The maximum absolute atomic E-state index is 10.2. The van der Waals surface area contributed by atoms with Crippen LogP contribution in [0.5, 0.6) is 0 Å². The number of carboxylic acids is 1. The number of carbonyl (C=O) groups is 1. The lowest BCUT2D eigenvalue weighted by molar-refractivity contribution is -0.152. The van der Waals surface area contributed by atoms with Crippen molar-refractivity contribution < 1.29 is 24.9 Å². The van der Waals surface area contributed by atoms with E-state index in [9.17, 15) is 4.79 Å². The summed E-state index contributed by atoms with van der Waals surface area (Å²) in [6, 6.07) is 0. The van der Waals surface area contributed by atoms with Gasteiger partial charge in [-0.15, -0.1) is 0 Å². The minimum absolute atomic E-state index is 0.543. The first-order chi connectivity index (χ1) is 5.48. The van der Waals surface area contributed by atoms with Crippen molar-refractivity contribution in [1.82, 2.24) is 0 Å². The smallest absolute Gasteiger partial charge is 0.314 e. The number of isocyanates is 1. The molecule has 0 aromatic rings. The summed E-state index contributed by atoms with van der Waals surface area (Å²) in [7, 11) is 0. The molecule has 0 aromatic heterocycles. The van der Waals surface area contributed by atoms with Gasteiger partial charge in [-0.2, -0.15) is 0 Å². The van der Waals surface area contributed by atoms with Crippen LogP contribution in [-0.2, 0) is 9.59 Å². The molecule has 0 fully saturated rings. The fraction of sp³-hybridized carbons (Fsp3) is 0.667. The van der Waals surface area contributed by atoms with Gasteiger partial charge >= 0.3 is 5.97 Å². The van der Waals surface area contributed by atoms with Gasteiger partial charge in [-0.1, -0.05) is 0 Å². The minimum Gasteiger partial charge on any atom is -0.481 e. The SMILES string of the molecule is CC(CO)(CO)C(=O)O.N=C=O. The van der Waals surface area contributed by atoms with Gasteiger partial charge in [0.05, 0.1) is 13.2 Å². The van der Waals surface area contributed by atoms with Gasteiger partial charge in [0.25, 0.3) is 0 Å². The molecule has 70 valence electrons. The largest absolute Gasteiger partial charge is 0.481 e. The minimum atomic E-state index is -1.39. The van der Waals surface area contributed by atoms with E-state index < -0.39 is 24.6 Å². The normalized spacial score (nSPS) is 9.25. The highest BCUT2D eigenvalue weighted by molar-refractivity contribution is 5.74. The van der Waals surface area contributed by atoms with Gasteiger partial charge in [0.1, 0.15) is 5.41 Å². The van der Waals surface area contributed by atoms with Crippen LogP contribution in [0.25, 0.3) is 0 Å². The second kappa shape index (κ2) is 6.48. The molecule has 0 amide bonds. The van der Waals surface area contributed by atoms with Crippen molar-refractivity contribution in [1.29, 1.82) is 5.41 Å². The molecule has 0 aliphatic rings. The van der Waals surface area contributed by atoms with E-state index in [-0.39, 0.29) is 0 Å². The lowest BCUT2D eigenvalue weighted by atomic mass is 9.94. The topological polar surface area (TPSA) is 119 Å². The first-order valence-electron chi connectivity index (χ1n) is 2.97. The van der Waals surface area contributed by atoms with Gasteiger partial charge in [0.2, 0.25) is 6.08 Å². The maximum Gasteiger partial charge on any atom is 0.314 e. The number of nitrogens with one attached hydrogen (secondary N) is 1. The summed E-state index contributed by atoms with van der Waals surface area (Å²) in [4.78, 5) is 18.5. The fourth-order valence-corrected chi connectivity index (χ4v) is 0.185. The van der Waals surface area contributed by atoms with Gasteiger partial charge in [-0.25, -0.2) is 10.2 Å². The number of carbonyl (C=O) groups excluding carboxylic acids is 1. The summed E-state index contributed by atoms with van der Waals surface area (Å²) < 4.78 is 0. The fourth-order valence-electron chi connectivity index (χ4n) is 0.185. The summed E-state index contributed by atoms with van der Waals surface area (Å²) in [6.45, 7) is 0.187. The average Bonchev–Trinajstić information content (AvgIpc) is 2.04. The van der Waals surface area contributed by atoms with Crippen LogP contribution in [-0.4, -0.2) is 40.6 Å². The molecular formula is C6H11NO5. The van der Waals surface area contributed by atoms with Crippen LogP contribution in [0.3, 0.4) is 0 Å². The molecule has 0 radical (unpaired) electrons. The highest BCUT2D eigenvalue weighted by Gasteiger charge is 2.31. The maximum atomic E-state index is 10.2. The lowest BCUT2D eigenvalue weighted by Crippen LogP contribution is -2.35. The summed E-state index contributed by atoms with van der Waals surface area (Å²) >= 11 is 0. The Labute approximate surface area is 69.0 Å². The molecule has 0 bridgehead atoms. The number of aliphatic carboxylic acids is 1. The Hall–Kier alpha value is -1.23. The van der Waals surface area contributed by atoms with E-state index in [0.29, 0.717) is 0 Å². The number of hydrogen-bond donors (Lipinski definition) is 4. The highest BCUT2D eigenvalue weighted by atomic mass is 16.4. The van der Waals surface area contributed by atoms with Crippen molar-refractivity contribution >= 4 is 12.0 Å². The number of hydrogen-bond acceptors (Lipinski definition) is 5. The molecule has 0 rings (SSSR count). The Morgan fingerprint density at radius 2 is 1.75 bits per heavy atom. The molecule has 0 aromatic carbocycles. The lowest BCUT2D eigenvalue weighted by Gasteiger charge is -2.17. The predicted octanol–water partition coefficient (Wildman–Crippen LogP) is -1.04. The van der Waals surface area contributed by atoms with E-state index in [2.05, 4.69) is 0 Å². The van der Waals surface area contributed by atoms with Crippen LogP contribution >= 0.6 is 0 Å². The van der Waals surface area contributed by atoms with E-state index in [1.54, 1.807) is 0 Å². The zero-order chi connectivity index (χ0) is 10.2. The van der Waals surface area contributed by atoms with E-state index in [0.717, 1.165) is 6.08 Å².